The molecule has 1 heterocycles. The Balaban J connectivity index is 1.93. The summed E-state index contributed by atoms with van der Waals surface area (Å²) in [5.41, 5.74) is 1.21. The van der Waals surface area contributed by atoms with Crippen molar-refractivity contribution < 1.29 is 9.53 Å². The van der Waals surface area contributed by atoms with Gasteiger partial charge in [-0.15, -0.1) is 0 Å². The average molecular weight is 259 g/mol. The molecular formula is C16H21NO2. The van der Waals surface area contributed by atoms with Crippen LogP contribution in [0.15, 0.2) is 42.5 Å². The SMILES string of the molecule is CCCC/C=C/[C@H]1OC(=O)N[C@H]1Cc1ccccc1. The van der Waals surface area contributed by atoms with Crippen molar-refractivity contribution in [3.8, 4) is 0 Å². The molecule has 0 bridgehead atoms. The highest BCUT2D eigenvalue weighted by Gasteiger charge is 2.31. The molecule has 2 rings (SSSR count). The first-order valence-electron chi connectivity index (χ1n) is 6.97. The third-order valence-electron chi connectivity index (χ3n) is 3.29. The fourth-order valence-electron chi connectivity index (χ4n) is 2.23. The quantitative estimate of drug-likeness (QED) is 0.627. The van der Waals surface area contributed by atoms with Gasteiger partial charge in [0.05, 0.1) is 6.04 Å². The van der Waals surface area contributed by atoms with Crippen molar-refractivity contribution in [1.29, 1.82) is 0 Å². The Hall–Kier alpha value is -1.77. The first-order valence-corrected chi connectivity index (χ1v) is 6.97. The number of carbonyl (C=O) groups is 1. The summed E-state index contributed by atoms with van der Waals surface area (Å²) in [6, 6.07) is 10.2. The van der Waals surface area contributed by atoms with Crippen molar-refractivity contribution >= 4 is 6.09 Å². The lowest BCUT2D eigenvalue weighted by atomic mass is 10.0. The molecule has 1 aliphatic rings. The van der Waals surface area contributed by atoms with Crippen LogP contribution >= 0.6 is 0 Å². The largest absolute Gasteiger partial charge is 0.440 e. The molecule has 1 N–H and O–H groups in total. The smallest absolute Gasteiger partial charge is 0.408 e. The highest BCUT2D eigenvalue weighted by Crippen LogP contribution is 2.16. The maximum absolute atomic E-state index is 11.4. The average Bonchev–Trinajstić information content (AvgIpc) is 2.76. The number of carbonyl (C=O) groups excluding carboxylic acids is 1. The van der Waals surface area contributed by atoms with Crippen LogP contribution in [0.2, 0.25) is 0 Å². The second-order valence-corrected chi connectivity index (χ2v) is 4.88. The number of allylic oxidation sites excluding steroid dienone is 1. The van der Waals surface area contributed by atoms with Gasteiger partial charge in [-0.25, -0.2) is 4.79 Å². The number of rotatable bonds is 6. The van der Waals surface area contributed by atoms with E-state index >= 15 is 0 Å². The van der Waals surface area contributed by atoms with Crippen LogP contribution in [-0.4, -0.2) is 18.2 Å². The number of ether oxygens (including phenoxy) is 1. The van der Waals surface area contributed by atoms with Crippen molar-refractivity contribution in [2.45, 2.75) is 44.8 Å². The van der Waals surface area contributed by atoms with Crippen molar-refractivity contribution in [2.24, 2.45) is 0 Å². The van der Waals surface area contributed by atoms with E-state index in [4.69, 9.17) is 4.74 Å². The van der Waals surface area contributed by atoms with Gasteiger partial charge in [-0.3, -0.25) is 0 Å². The molecule has 3 nitrogen and oxygen atoms in total. The van der Waals surface area contributed by atoms with E-state index in [9.17, 15) is 4.79 Å². The number of amides is 1. The van der Waals surface area contributed by atoms with E-state index in [0.717, 1.165) is 12.8 Å². The van der Waals surface area contributed by atoms with Gasteiger partial charge in [-0.1, -0.05) is 56.2 Å². The van der Waals surface area contributed by atoms with Crippen LogP contribution in [-0.2, 0) is 11.2 Å². The van der Waals surface area contributed by atoms with E-state index in [-0.39, 0.29) is 18.2 Å². The van der Waals surface area contributed by atoms with Crippen molar-refractivity contribution in [3.63, 3.8) is 0 Å². The summed E-state index contributed by atoms with van der Waals surface area (Å²) in [6.45, 7) is 2.17. The zero-order valence-electron chi connectivity index (χ0n) is 11.3. The van der Waals surface area contributed by atoms with E-state index in [2.05, 4.69) is 30.4 Å². The number of unbranched alkanes of at least 4 members (excludes halogenated alkanes) is 2. The zero-order valence-corrected chi connectivity index (χ0v) is 11.3. The summed E-state index contributed by atoms with van der Waals surface area (Å²) < 4.78 is 5.29. The third kappa shape index (κ3) is 4.12. The van der Waals surface area contributed by atoms with Gasteiger partial charge in [0.25, 0.3) is 0 Å². The van der Waals surface area contributed by atoms with Crippen molar-refractivity contribution in [1.82, 2.24) is 5.32 Å². The summed E-state index contributed by atoms with van der Waals surface area (Å²) in [7, 11) is 0. The minimum atomic E-state index is -0.314. The molecule has 2 atom stereocenters. The van der Waals surface area contributed by atoms with Gasteiger partial charge < -0.3 is 10.1 Å². The Morgan fingerprint density at radius 1 is 1.32 bits per heavy atom. The number of hydrogen-bond donors (Lipinski definition) is 1. The lowest BCUT2D eigenvalue weighted by Gasteiger charge is -2.13. The molecule has 102 valence electrons. The molecule has 0 aromatic heterocycles. The summed E-state index contributed by atoms with van der Waals surface area (Å²) in [4.78, 5) is 11.4. The van der Waals surface area contributed by atoms with Gasteiger partial charge in [-0.2, -0.15) is 0 Å². The Morgan fingerprint density at radius 2 is 2.11 bits per heavy atom. The second kappa shape index (κ2) is 6.98. The van der Waals surface area contributed by atoms with E-state index in [1.54, 1.807) is 0 Å². The first kappa shape index (κ1) is 13.7. The number of hydrogen-bond acceptors (Lipinski definition) is 2. The molecule has 1 saturated heterocycles. The highest BCUT2D eigenvalue weighted by molar-refractivity contribution is 5.70. The molecule has 0 aliphatic carbocycles. The molecule has 1 amide bonds. The minimum Gasteiger partial charge on any atom is -0.440 e. The van der Waals surface area contributed by atoms with E-state index in [1.165, 1.54) is 18.4 Å². The number of benzene rings is 1. The zero-order chi connectivity index (χ0) is 13.5. The number of cyclic esters (lactones) is 1. The lowest BCUT2D eigenvalue weighted by Crippen LogP contribution is -2.32. The summed E-state index contributed by atoms with van der Waals surface area (Å²) in [5.74, 6) is 0. The van der Waals surface area contributed by atoms with Crippen LogP contribution in [0.5, 0.6) is 0 Å². The van der Waals surface area contributed by atoms with Gasteiger partial charge in [0.15, 0.2) is 0 Å². The van der Waals surface area contributed by atoms with Crippen LogP contribution in [0.1, 0.15) is 31.7 Å². The topological polar surface area (TPSA) is 38.3 Å². The molecule has 19 heavy (non-hydrogen) atoms. The van der Waals surface area contributed by atoms with Gasteiger partial charge in [-0.05, 0) is 24.5 Å². The van der Waals surface area contributed by atoms with Crippen molar-refractivity contribution in [3.05, 3.63) is 48.0 Å². The summed E-state index contributed by atoms with van der Waals surface area (Å²) in [5, 5.41) is 2.88. The van der Waals surface area contributed by atoms with Gasteiger partial charge in [0, 0.05) is 0 Å². The molecule has 0 spiro atoms. The predicted molar refractivity (Wildman–Crippen MR) is 76.0 cm³/mol. The Bertz CT molecular complexity index is 428. The Kier molecular flexibility index (Phi) is 5.01. The first-order chi connectivity index (χ1) is 9.29. The predicted octanol–water partition coefficient (Wildman–Crippen LogP) is 3.45. The van der Waals surface area contributed by atoms with Gasteiger partial charge in [0.1, 0.15) is 6.10 Å². The molecule has 0 radical (unpaired) electrons. The Morgan fingerprint density at radius 3 is 2.84 bits per heavy atom. The van der Waals surface area contributed by atoms with Crippen LogP contribution in [0, 0.1) is 0 Å². The normalized spacial score (nSPS) is 22.5. The molecule has 3 heteroatoms. The summed E-state index contributed by atoms with van der Waals surface area (Å²) in [6.07, 6.45) is 7.87. The van der Waals surface area contributed by atoms with Crippen LogP contribution in [0.4, 0.5) is 4.79 Å². The van der Waals surface area contributed by atoms with E-state index in [0.29, 0.717) is 0 Å². The molecule has 1 aromatic carbocycles. The standard InChI is InChI=1S/C16H21NO2/c1-2-3-4-8-11-15-14(17-16(18)19-15)12-13-9-6-5-7-10-13/h5-11,14-15H,2-4,12H2,1H3,(H,17,18)/b11-8+/t14-,15+/m0/s1. The maximum Gasteiger partial charge on any atom is 0.408 e. The lowest BCUT2D eigenvalue weighted by molar-refractivity contribution is 0.153. The molecule has 0 saturated carbocycles. The Labute approximate surface area is 114 Å². The fraction of sp³-hybridized carbons (Fsp3) is 0.438. The molecule has 1 fully saturated rings. The highest BCUT2D eigenvalue weighted by atomic mass is 16.6. The minimum absolute atomic E-state index is 0.0350. The van der Waals surface area contributed by atoms with E-state index in [1.807, 2.05) is 24.3 Å². The second-order valence-electron chi connectivity index (χ2n) is 4.88. The maximum atomic E-state index is 11.4. The summed E-state index contributed by atoms with van der Waals surface area (Å²) >= 11 is 0. The van der Waals surface area contributed by atoms with Gasteiger partial charge in [0.2, 0.25) is 0 Å². The van der Waals surface area contributed by atoms with Crippen LogP contribution < -0.4 is 5.32 Å². The van der Waals surface area contributed by atoms with Crippen LogP contribution in [0.25, 0.3) is 0 Å². The fourth-order valence-corrected chi connectivity index (χ4v) is 2.23. The van der Waals surface area contributed by atoms with E-state index < -0.39 is 0 Å². The molecule has 1 aromatic rings. The number of alkyl carbamates (subject to hydrolysis) is 1. The third-order valence-corrected chi connectivity index (χ3v) is 3.29. The monoisotopic (exact) mass is 259 g/mol. The van der Waals surface area contributed by atoms with Crippen LogP contribution in [0.3, 0.4) is 0 Å². The number of nitrogens with one attached hydrogen (secondary N) is 1. The molecule has 0 unspecified atom stereocenters. The molecular weight excluding hydrogens is 238 g/mol. The molecule has 1 aliphatic heterocycles. The van der Waals surface area contributed by atoms with Crippen molar-refractivity contribution in [2.75, 3.05) is 0 Å². The van der Waals surface area contributed by atoms with Gasteiger partial charge >= 0.3 is 6.09 Å².